The van der Waals surface area contributed by atoms with Gasteiger partial charge in [-0.25, -0.2) is 13.1 Å². The average molecular weight is 345 g/mol. The summed E-state index contributed by atoms with van der Waals surface area (Å²) in [5.74, 6) is 0.701. The minimum Gasteiger partial charge on any atom is -0.298 e. The lowest BCUT2D eigenvalue weighted by molar-refractivity contribution is 0.277. The van der Waals surface area contributed by atoms with E-state index in [1.54, 1.807) is 0 Å². The molecule has 2 heterocycles. The van der Waals surface area contributed by atoms with Gasteiger partial charge in [-0.05, 0) is 50.3 Å². The lowest BCUT2D eigenvalue weighted by Crippen LogP contribution is -2.34. The molecule has 126 valence electrons. The van der Waals surface area contributed by atoms with Gasteiger partial charge in [0, 0.05) is 28.9 Å². The first kappa shape index (κ1) is 17.9. The Kier molecular flexibility index (Phi) is 6.44. The number of thiophene rings is 1. The van der Waals surface area contributed by atoms with E-state index >= 15 is 0 Å². The second kappa shape index (κ2) is 7.90. The third-order valence-electron chi connectivity index (χ3n) is 3.91. The van der Waals surface area contributed by atoms with Gasteiger partial charge in [0.1, 0.15) is 0 Å². The number of likely N-dealkylation sites (tertiary alicyclic amines) is 1. The van der Waals surface area contributed by atoms with E-state index in [-0.39, 0.29) is 6.04 Å². The van der Waals surface area contributed by atoms with Crippen LogP contribution in [-0.2, 0) is 23.0 Å². The van der Waals surface area contributed by atoms with Gasteiger partial charge in [0.15, 0.2) is 0 Å². The fraction of sp³-hybridized carbons (Fsp3) is 0.750. The Labute approximate surface area is 139 Å². The molecule has 0 spiro atoms. The zero-order chi connectivity index (χ0) is 16.2. The number of hydrogen-bond acceptors (Lipinski definition) is 4. The number of nitrogens with zero attached hydrogens (tertiary/aromatic N) is 1. The molecule has 0 amide bonds. The number of nitrogens with one attached hydrogen (secondary N) is 1. The molecule has 0 aromatic carbocycles. The van der Waals surface area contributed by atoms with E-state index in [0.717, 1.165) is 45.3 Å². The van der Waals surface area contributed by atoms with Gasteiger partial charge >= 0.3 is 0 Å². The van der Waals surface area contributed by atoms with Crippen LogP contribution in [0.15, 0.2) is 12.1 Å². The lowest BCUT2D eigenvalue weighted by Gasteiger charge is -2.19. The van der Waals surface area contributed by atoms with Crippen LogP contribution in [0, 0.1) is 5.92 Å². The van der Waals surface area contributed by atoms with Crippen molar-refractivity contribution in [2.75, 3.05) is 19.3 Å². The van der Waals surface area contributed by atoms with Crippen molar-refractivity contribution in [2.24, 2.45) is 5.92 Å². The highest BCUT2D eigenvalue weighted by Crippen LogP contribution is 2.22. The summed E-state index contributed by atoms with van der Waals surface area (Å²) in [6, 6.07) is 4.60. The molecule has 1 aromatic rings. The predicted molar refractivity (Wildman–Crippen MR) is 93.8 cm³/mol. The van der Waals surface area contributed by atoms with Gasteiger partial charge in [0.25, 0.3) is 0 Å². The Morgan fingerprint density at radius 3 is 2.68 bits per heavy atom. The summed E-state index contributed by atoms with van der Waals surface area (Å²) in [6.07, 6.45) is 5.30. The molecule has 0 unspecified atom stereocenters. The predicted octanol–water partition coefficient (Wildman–Crippen LogP) is 2.85. The number of sulfonamides is 1. The van der Waals surface area contributed by atoms with E-state index in [1.165, 1.54) is 16.0 Å². The van der Waals surface area contributed by atoms with E-state index in [2.05, 4.69) is 35.6 Å². The van der Waals surface area contributed by atoms with Crippen molar-refractivity contribution in [1.29, 1.82) is 0 Å². The van der Waals surface area contributed by atoms with Gasteiger partial charge in [-0.2, -0.15) is 0 Å². The van der Waals surface area contributed by atoms with Crippen molar-refractivity contribution in [3.05, 3.63) is 21.9 Å². The first-order valence-corrected chi connectivity index (χ1v) is 10.8. The van der Waals surface area contributed by atoms with E-state index in [1.807, 2.05) is 11.3 Å². The summed E-state index contributed by atoms with van der Waals surface area (Å²) in [4.78, 5) is 5.34. The van der Waals surface area contributed by atoms with Gasteiger partial charge in [-0.3, -0.25) is 4.90 Å². The minimum absolute atomic E-state index is 0.0971. The molecule has 2 rings (SSSR count). The van der Waals surface area contributed by atoms with Gasteiger partial charge in [-0.1, -0.05) is 13.8 Å². The molecule has 0 bridgehead atoms. The Bertz CT molecular complexity index is 566. The van der Waals surface area contributed by atoms with Crippen molar-refractivity contribution in [3.63, 3.8) is 0 Å². The maximum Gasteiger partial charge on any atom is 0.208 e. The third-order valence-corrected chi connectivity index (χ3v) is 5.76. The fourth-order valence-electron chi connectivity index (χ4n) is 2.97. The van der Waals surface area contributed by atoms with Crippen LogP contribution in [0.4, 0.5) is 0 Å². The van der Waals surface area contributed by atoms with Crippen LogP contribution in [0.3, 0.4) is 0 Å². The Balaban J connectivity index is 1.85. The number of rotatable bonds is 6. The monoisotopic (exact) mass is 344 g/mol. The first-order valence-electron chi connectivity index (χ1n) is 8.09. The Morgan fingerprint density at radius 1 is 1.27 bits per heavy atom. The van der Waals surface area contributed by atoms with E-state index in [0.29, 0.717) is 5.92 Å². The van der Waals surface area contributed by atoms with Crippen molar-refractivity contribution in [1.82, 2.24) is 9.62 Å². The molecule has 0 radical (unpaired) electrons. The van der Waals surface area contributed by atoms with Gasteiger partial charge < -0.3 is 0 Å². The van der Waals surface area contributed by atoms with Crippen molar-refractivity contribution >= 4 is 21.4 Å². The van der Waals surface area contributed by atoms with Crippen LogP contribution in [0.1, 0.15) is 42.9 Å². The smallest absolute Gasteiger partial charge is 0.208 e. The summed E-state index contributed by atoms with van der Waals surface area (Å²) < 4.78 is 25.5. The highest BCUT2D eigenvalue weighted by Gasteiger charge is 2.20. The minimum atomic E-state index is -3.09. The molecule has 22 heavy (non-hydrogen) atoms. The summed E-state index contributed by atoms with van der Waals surface area (Å²) >= 11 is 1.92. The standard InChI is InChI=1S/C16H28N2O2S2/c1-13(2)11-15-6-7-16(21-15)12-18-9-4-5-14(8-10-18)17-22(3,19)20/h6-7,13-14,17H,4-5,8-12H2,1-3H3/t14-/m0/s1. The molecule has 0 saturated carbocycles. The van der Waals surface area contributed by atoms with Gasteiger partial charge in [0.2, 0.25) is 10.0 Å². The molecule has 1 saturated heterocycles. The van der Waals surface area contributed by atoms with Crippen molar-refractivity contribution in [2.45, 2.75) is 52.1 Å². The normalized spacial score (nSPS) is 21.2. The Morgan fingerprint density at radius 2 is 2.00 bits per heavy atom. The first-order chi connectivity index (χ1) is 10.3. The van der Waals surface area contributed by atoms with Crippen LogP contribution in [0.25, 0.3) is 0 Å². The largest absolute Gasteiger partial charge is 0.298 e. The van der Waals surface area contributed by atoms with Crippen LogP contribution in [-0.4, -0.2) is 38.7 Å². The van der Waals surface area contributed by atoms with E-state index in [9.17, 15) is 8.42 Å². The molecule has 1 atom stereocenters. The summed E-state index contributed by atoms with van der Waals surface area (Å²) in [5.41, 5.74) is 0. The van der Waals surface area contributed by atoms with E-state index in [4.69, 9.17) is 0 Å². The molecular formula is C16H28N2O2S2. The van der Waals surface area contributed by atoms with Crippen LogP contribution in [0.2, 0.25) is 0 Å². The number of hydrogen-bond donors (Lipinski definition) is 1. The molecule has 0 aliphatic carbocycles. The van der Waals surface area contributed by atoms with Gasteiger partial charge in [0.05, 0.1) is 6.26 Å². The summed E-state index contributed by atoms with van der Waals surface area (Å²) in [6.45, 7) is 7.52. The quantitative estimate of drug-likeness (QED) is 0.863. The molecule has 6 heteroatoms. The lowest BCUT2D eigenvalue weighted by atomic mass is 10.1. The fourth-order valence-corrected chi connectivity index (χ4v) is 5.09. The second-order valence-electron chi connectivity index (χ2n) is 6.76. The average Bonchev–Trinajstić information content (AvgIpc) is 2.68. The van der Waals surface area contributed by atoms with Crippen molar-refractivity contribution < 1.29 is 8.42 Å². The van der Waals surface area contributed by atoms with Crippen LogP contribution < -0.4 is 4.72 Å². The van der Waals surface area contributed by atoms with Crippen LogP contribution >= 0.6 is 11.3 Å². The zero-order valence-corrected chi connectivity index (χ0v) is 15.5. The maximum atomic E-state index is 11.4. The maximum absolute atomic E-state index is 11.4. The molecular weight excluding hydrogens is 316 g/mol. The zero-order valence-electron chi connectivity index (χ0n) is 13.8. The van der Waals surface area contributed by atoms with Crippen molar-refractivity contribution in [3.8, 4) is 0 Å². The Hall–Kier alpha value is -0.430. The highest BCUT2D eigenvalue weighted by molar-refractivity contribution is 7.88. The van der Waals surface area contributed by atoms with Crippen LogP contribution in [0.5, 0.6) is 0 Å². The molecule has 1 fully saturated rings. The molecule has 1 aromatic heterocycles. The second-order valence-corrected chi connectivity index (χ2v) is 9.79. The highest BCUT2D eigenvalue weighted by atomic mass is 32.2. The molecule has 1 N–H and O–H groups in total. The molecule has 1 aliphatic rings. The summed E-state index contributed by atoms with van der Waals surface area (Å²) in [7, 11) is -3.09. The molecule has 1 aliphatic heterocycles. The molecule has 4 nitrogen and oxygen atoms in total. The van der Waals surface area contributed by atoms with E-state index < -0.39 is 10.0 Å². The summed E-state index contributed by atoms with van der Waals surface area (Å²) in [5, 5.41) is 0. The SMILES string of the molecule is CC(C)Cc1ccc(CN2CCC[C@H](NS(C)(=O)=O)CC2)s1. The van der Waals surface area contributed by atoms with Gasteiger partial charge in [-0.15, -0.1) is 11.3 Å². The third kappa shape index (κ3) is 6.36. The topological polar surface area (TPSA) is 49.4 Å².